The van der Waals surface area contributed by atoms with E-state index in [2.05, 4.69) is 10.3 Å². The maximum Gasteiger partial charge on any atom is 0.339 e. The smallest absolute Gasteiger partial charge is 0.339 e. The molecule has 1 rings (SSSR count). The van der Waals surface area contributed by atoms with Crippen molar-refractivity contribution in [3.05, 3.63) is 22.8 Å². The molecular weight excluding hydrogens is 265 g/mol. The molecule has 0 amide bonds. The Balaban J connectivity index is 0.00000256. The van der Waals surface area contributed by atoms with Crippen molar-refractivity contribution < 1.29 is 9.90 Å². The third-order valence-electron chi connectivity index (χ3n) is 1.94. The number of carbonyl (C=O) groups is 1. The molecule has 2 N–H and O–H groups in total. The van der Waals surface area contributed by atoms with Gasteiger partial charge >= 0.3 is 5.97 Å². The van der Waals surface area contributed by atoms with Crippen LogP contribution in [0.2, 0.25) is 5.15 Å². The maximum absolute atomic E-state index is 10.9. The molecule has 0 spiro atoms. The molecule has 0 unspecified atom stereocenters. The van der Waals surface area contributed by atoms with Gasteiger partial charge in [-0.05, 0) is 26.2 Å². The van der Waals surface area contributed by atoms with Crippen LogP contribution < -0.4 is 5.32 Å². The molecule has 7 heteroatoms. The SMILES string of the molecule is CN(C)CCNc1nc(Cl)ccc1C(=O)O.Cl. The minimum Gasteiger partial charge on any atom is -0.478 e. The monoisotopic (exact) mass is 279 g/mol. The summed E-state index contributed by atoms with van der Waals surface area (Å²) in [7, 11) is 3.87. The number of carboxylic acid groups (broad SMARTS) is 1. The van der Waals surface area contributed by atoms with E-state index in [0.717, 1.165) is 6.54 Å². The molecule has 5 nitrogen and oxygen atoms in total. The molecule has 96 valence electrons. The molecule has 0 saturated heterocycles. The van der Waals surface area contributed by atoms with E-state index in [1.165, 1.54) is 12.1 Å². The van der Waals surface area contributed by atoms with Gasteiger partial charge in [-0.3, -0.25) is 0 Å². The van der Waals surface area contributed by atoms with Crippen LogP contribution in [0.5, 0.6) is 0 Å². The van der Waals surface area contributed by atoms with Crippen molar-refractivity contribution in [2.24, 2.45) is 0 Å². The van der Waals surface area contributed by atoms with Gasteiger partial charge in [0, 0.05) is 13.1 Å². The minimum atomic E-state index is -1.02. The van der Waals surface area contributed by atoms with Crippen molar-refractivity contribution in [3.8, 4) is 0 Å². The van der Waals surface area contributed by atoms with Crippen molar-refractivity contribution in [1.29, 1.82) is 0 Å². The number of carboxylic acids is 1. The molecule has 17 heavy (non-hydrogen) atoms. The third-order valence-corrected chi connectivity index (χ3v) is 2.15. The van der Waals surface area contributed by atoms with E-state index in [-0.39, 0.29) is 23.1 Å². The summed E-state index contributed by atoms with van der Waals surface area (Å²) >= 11 is 5.71. The summed E-state index contributed by atoms with van der Waals surface area (Å²) in [4.78, 5) is 16.8. The summed E-state index contributed by atoms with van der Waals surface area (Å²) < 4.78 is 0. The van der Waals surface area contributed by atoms with E-state index in [9.17, 15) is 4.79 Å². The first kappa shape index (κ1) is 16.0. The van der Waals surface area contributed by atoms with Crippen molar-refractivity contribution in [1.82, 2.24) is 9.88 Å². The van der Waals surface area contributed by atoms with E-state index in [0.29, 0.717) is 12.4 Å². The number of anilines is 1. The van der Waals surface area contributed by atoms with Crippen LogP contribution in [0, 0.1) is 0 Å². The molecular formula is C10H15Cl2N3O2. The number of hydrogen-bond donors (Lipinski definition) is 2. The van der Waals surface area contributed by atoms with Crippen LogP contribution in [0.1, 0.15) is 10.4 Å². The second kappa shape index (κ2) is 7.32. The molecule has 1 aromatic heterocycles. The van der Waals surface area contributed by atoms with Crippen LogP contribution >= 0.6 is 24.0 Å². The van der Waals surface area contributed by atoms with Gasteiger partial charge in [0.25, 0.3) is 0 Å². The first-order valence-corrected chi connectivity index (χ1v) is 5.17. The fraction of sp³-hybridized carbons (Fsp3) is 0.400. The third kappa shape index (κ3) is 5.21. The molecule has 0 aromatic carbocycles. The van der Waals surface area contributed by atoms with E-state index in [1.54, 1.807) is 0 Å². The summed E-state index contributed by atoms with van der Waals surface area (Å²) in [5.41, 5.74) is 0.128. The number of nitrogens with zero attached hydrogens (tertiary/aromatic N) is 2. The number of pyridine rings is 1. The van der Waals surface area contributed by atoms with Gasteiger partial charge in [-0.25, -0.2) is 9.78 Å². The Bertz CT molecular complexity index is 386. The Morgan fingerprint density at radius 3 is 2.71 bits per heavy atom. The van der Waals surface area contributed by atoms with Gasteiger partial charge in [0.15, 0.2) is 0 Å². The van der Waals surface area contributed by atoms with E-state index in [1.807, 2.05) is 19.0 Å². The van der Waals surface area contributed by atoms with Crippen molar-refractivity contribution in [2.75, 3.05) is 32.5 Å². The highest BCUT2D eigenvalue weighted by Crippen LogP contribution is 2.16. The van der Waals surface area contributed by atoms with Crippen LogP contribution in [0.15, 0.2) is 12.1 Å². The molecule has 1 aromatic rings. The lowest BCUT2D eigenvalue weighted by atomic mass is 10.2. The minimum absolute atomic E-state index is 0. The van der Waals surface area contributed by atoms with Gasteiger partial charge in [-0.2, -0.15) is 0 Å². The van der Waals surface area contributed by atoms with E-state index < -0.39 is 5.97 Å². The predicted molar refractivity (Wildman–Crippen MR) is 70.5 cm³/mol. The quantitative estimate of drug-likeness (QED) is 0.805. The highest BCUT2D eigenvalue weighted by Gasteiger charge is 2.11. The van der Waals surface area contributed by atoms with E-state index >= 15 is 0 Å². The molecule has 0 radical (unpaired) electrons. The zero-order valence-corrected chi connectivity index (χ0v) is 11.2. The van der Waals surface area contributed by atoms with Crippen molar-refractivity contribution in [2.45, 2.75) is 0 Å². The Hall–Kier alpha value is -1.04. The van der Waals surface area contributed by atoms with Crippen LogP contribution in [-0.4, -0.2) is 48.1 Å². The Morgan fingerprint density at radius 1 is 1.53 bits per heavy atom. The zero-order valence-electron chi connectivity index (χ0n) is 9.61. The second-order valence-corrected chi connectivity index (χ2v) is 3.95. The average Bonchev–Trinajstić information content (AvgIpc) is 2.16. The lowest BCUT2D eigenvalue weighted by Crippen LogP contribution is -2.22. The first-order chi connectivity index (χ1) is 7.50. The maximum atomic E-state index is 10.9. The molecule has 0 aliphatic carbocycles. The Labute approximate surface area is 111 Å². The standard InChI is InChI=1S/C10H14ClN3O2.ClH/c1-14(2)6-5-12-9-7(10(15)16)3-4-8(11)13-9;/h3-4H,5-6H2,1-2H3,(H,12,13)(H,15,16);1H. The highest BCUT2D eigenvalue weighted by molar-refractivity contribution is 6.29. The molecule has 0 aliphatic heterocycles. The number of nitrogens with one attached hydrogen (secondary N) is 1. The van der Waals surface area contributed by atoms with E-state index in [4.69, 9.17) is 16.7 Å². The highest BCUT2D eigenvalue weighted by atomic mass is 35.5. The lowest BCUT2D eigenvalue weighted by molar-refractivity contribution is 0.0697. The number of halogens is 2. The summed E-state index contributed by atoms with van der Waals surface area (Å²) in [6.45, 7) is 1.40. The summed E-state index contributed by atoms with van der Waals surface area (Å²) in [6, 6.07) is 2.90. The van der Waals surface area contributed by atoms with Gasteiger partial charge in [0.2, 0.25) is 0 Å². The van der Waals surface area contributed by atoms with Crippen molar-refractivity contribution in [3.63, 3.8) is 0 Å². The zero-order chi connectivity index (χ0) is 12.1. The van der Waals surface area contributed by atoms with Gasteiger partial charge in [0.1, 0.15) is 16.5 Å². The van der Waals surface area contributed by atoms with Crippen molar-refractivity contribution >= 4 is 35.8 Å². The molecule has 0 aliphatic rings. The summed E-state index contributed by atoms with van der Waals surface area (Å²) in [5, 5.41) is 12.2. The topological polar surface area (TPSA) is 65.5 Å². The second-order valence-electron chi connectivity index (χ2n) is 3.57. The Morgan fingerprint density at radius 2 is 2.18 bits per heavy atom. The molecule has 0 saturated carbocycles. The molecule has 0 fully saturated rings. The van der Waals surface area contributed by atoms with Gasteiger partial charge in [-0.15, -0.1) is 12.4 Å². The largest absolute Gasteiger partial charge is 0.478 e. The average molecular weight is 280 g/mol. The number of hydrogen-bond acceptors (Lipinski definition) is 4. The van der Waals surface area contributed by atoms with Gasteiger partial charge in [-0.1, -0.05) is 11.6 Å². The van der Waals surface area contributed by atoms with Crippen LogP contribution in [0.25, 0.3) is 0 Å². The number of likely N-dealkylation sites (N-methyl/N-ethyl adjacent to an activating group) is 1. The molecule has 0 bridgehead atoms. The summed E-state index contributed by atoms with van der Waals surface area (Å²) in [5.74, 6) is -0.710. The Kier molecular flexibility index (Phi) is 6.87. The van der Waals surface area contributed by atoms with Crippen LogP contribution in [-0.2, 0) is 0 Å². The van der Waals surface area contributed by atoms with Gasteiger partial charge < -0.3 is 15.3 Å². The number of aromatic carboxylic acids is 1. The van der Waals surface area contributed by atoms with Crippen LogP contribution in [0.3, 0.4) is 0 Å². The van der Waals surface area contributed by atoms with Crippen LogP contribution in [0.4, 0.5) is 5.82 Å². The fourth-order valence-corrected chi connectivity index (χ4v) is 1.29. The first-order valence-electron chi connectivity index (χ1n) is 4.79. The fourth-order valence-electron chi connectivity index (χ4n) is 1.14. The predicted octanol–water partition coefficient (Wildman–Crippen LogP) is 1.83. The normalized spacial score (nSPS) is 9.88. The molecule has 1 heterocycles. The number of rotatable bonds is 5. The summed E-state index contributed by atoms with van der Waals surface area (Å²) in [6.07, 6.45) is 0. The lowest BCUT2D eigenvalue weighted by Gasteiger charge is -2.12. The molecule has 0 atom stereocenters. The number of aromatic nitrogens is 1. The van der Waals surface area contributed by atoms with Gasteiger partial charge in [0.05, 0.1) is 0 Å².